The predicted octanol–water partition coefficient (Wildman–Crippen LogP) is -2.18. The Morgan fingerprint density at radius 1 is 1.43 bits per heavy atom. The standard InChI is InChI=1S/C7H9NO6/c9-4(7(12)13)1-8-5(10)2-14-3-6(8)11/h4,9H,1-3H2,(H,12,13). The number of ether oxygens (including phenoxy) is 1. The SMILES string of the molecule is O=C(O)C(O)CN1C(=O)COCC1=O. The number of nitrogens with zero attached hydrogens (tertiary/aromatic N) is 1. The van der Waals surface area contributed by atoms with Crippen LogP contribution in [0.2, 0.25) is 0 Å². The van der Waals surface area contributed by atoms with Gasteiger partial charge in [-0.1, -0.05) is 0 Å². The lowest BCUT2D eigenvalue weighted by atomic mass is 10.3. The van der Waals surface area contributed by atoms with Gasteiger partial charge in [-0.3, -0.25) is 14.5 Å². The van der Waals surface area contributed by atoms with Crippen molar-refractivity contribution < 1.29 is 29.3 Å². The number of hydrogen-bond acceptors (Lipinski definition) is 5. The minimum atomic E-state index is -1.75. The molecule has 7 heteroatoms. The molecule has 0 bridgehead atoms. The molecule has 2 N–H and O–H groups in total. The van der Waals surface area contributed by atoms with Crippen molar-refractivity contribution in [3.8, 4) is 0 Å². The average Bonchev–Trinajstić information content (AvgIpc) is 2.11. The molecule has 0 aromatic heterocycles. The summed E-state index contributed by atoms with van der Waals surface area (Å²) in [7, 11) is 0. The summed E-state index contributed by atoms with van der Waals surface area (Å²) in [6.07, 6.45) is -1.75. The first-order valence-corrected chi connectivity index (χ1v) is 3.84. The van der Waals surface area contributed by atoms with E-state index >= 15 is 0 Å². The number of carboxylic acid groups (broad SMARTS) is 1. The highest BCUT2D eigenvalue weighted by atomic mass is 16.5. The maximum Gasteiger partial charge on any atom is 0.334 e. The molecule has 1 aliphatic rings. The molecule has 0 aromatic carbocycles. The molecule has 1 heterocycles. The van der Waals surface area contributed by atoms with Crippen molar-refractivity contribution in [3.05, 3.63) is 0 Å². The van der Waals surface area contributed by atoms with E-state index in [-0.39, 0.29) is 13.2 Å². The van der Waals surface area contributed by atoms with Crippen LogP contribution in [0.25, 0.3) is 0 Å². The van der Waals surface area contributed by atoms with E-state index in [1.807, 2.05) is 0 Å². The molecule has 7 nitrogen and oxygen atoms in total. The second-order valence-electron chi connectivity index (χ2n) is 2.74. The highest BCUT2D eigenvalue weighted by molar-refractivity contribution is 5.98. The molecule has 0 spiro atoms. The number of rotatable bonds is 3. The van der Waals surface area contributed by atoms with Crippen LogP contribution in [0.1, 0.15) is 0 Å². The third-order valence-corrected chi connectivity index (χ3v) is 1.69. The predicted molar refractivity (Wildman–Crippen MR) is 41.2 cm³/mol. The smallest absolute Gasteiger partial charge is 0.334 e. The Morgan fingerprint density at radius 2 is 1.93 bits per heavy atom. The largest absolute Gasteiger partial charge is 0.479 e. The Morgan fingerprint density at radius 3 is 2.36 bits per heavy atom. The Balaban J connectivity index is 2.61. The quantitative estimate of drug-likeness (QED) is 0.505. The summed E-state index contributed by atoms with van der Waals surface area (Å²) in [4.78, 5) is 33.0. The van der Waals surface area contributed by atoms with Gasteiger partial charge in [0.25, 0.3) is 11.8 Å². The average molecular weight is 203 g/mol. The zero-order valence-corrected chi connectivity index (χ0v) is 7.17. The van der Waals surface area contributed by atoms with E-state index in [9.17, 15) is 14.4 Å². The second kappa shape index (κ2) is 4.16. The normalized spacial score (nSPS) is 19.6. The summed E-state index contributed by atoms with van der Waals surface area (Å²) in [5, 5.41) is 17.3. The van der Waals surface area contributed by atoms with Crippen molar-refractivity contribution in [2.75, 3.05) is 19.8 Å². The molecule has 1 fully saturated rings. The fourth-order valence-electron chi connectivity index (χ4n) is 0.975. The highest BCUT2D eigenvalue weighted by Gasteiger charge is 2.30. The van der Waals surface area contributed by atoms with E-state index < -0.39 is 30.4 Å². The van der Waals surface area contributed by atoms with Gasteiger partial charge in [0.2, 0.25) is 0 Å². The third kappa shape index (κ3) is 2.27. The first-order chi connectivity index (χ1) is 6.52. The number of aliphatic hydroxyl groups is 1. The summed E-state index contributed by atoms with van der Waals surface area (Å²) in [5.74, 6) is -2.75. The van der Waals surface area contributed by atoms with E-state index in [2.05, 4.69) is 4.74 Å². The van der Waals surface area contributed by atoms with E-state index in [4.69, 9.17) is 10.2 Å². The van der Waals surface area contributed by atoms with Crippen LogP contribution >= 0.6 is 0 Å². The summed E-state index contributed by atoms with van der Waals surface area (Å²) < 4.78 is 4.60. The van der Waals surface area contributed by atoms with Crippen LogP contribution in [0.4, 0.5) is 0 Å². The van der Waals surface area contributed by atoms with Gasteiger partial charge in [0, 0.05) is 0 Å². The van der Waals surface area contributed by atoms with Gasteiger partial charge in [-0.15, -0.1) is 0 Å². The number of carboxylic acids is 1. The number of amides is 2. The van der Waals surface area contributed by atoms with Gasteiger partial charge < -0.3 is 14.9 Å². The number of β-amino-alcohol motifs (C(OH)–C–C–N with tert-alkyl or cyclic N) is 1. The highest BCUT2D eigenvalue weighted by Crippen LogP contribution is 2.02. The molecule has 0 aliphatic carbocycles. The molecule has 2 amide bonds. The van der Waals surface area contributed by atoms with Crippen LogP contribution in [0.3, 0.4) is 0 Å². The van der Waals surface area contributed by atoms with Gasteiger partial charge in [0.1, 0.15) is 13.2 Å². The number of carbonyl (C=O) groups is 3. The van der Waals surface area contributed by atoms with Crippen LogP contribution in [0, 0.1) is 0 Å². The Labute approximate surface area is 78.9 Å². The molecule has 1 aliphatic heterocycles. The third-order valence-electron chi connectivity index (χ3n) is 1.69. The van der Waals surface area contributed by atoms with Crippen LogP contribution in [-0.2, 0) is 19.1 Å². The summed E-state index contributed by atoms with van der Waals surface area (Å²) in [5.41, 5.74) is 0. The molecule has 1 unspecified atom stereocenters. The van der Waals surface area contributed by atoms with Crippen LogP contribution in [0.5, 0.6) is 0 Å². The van der Waals surface area contributed by atoms with Crippen LogP contribution in [0.15, 0.2) is 0 Å². The van der Waals surface area contributed by atoms with Gasteiger partial charge in [-0.05, 0) is 0 Å². The molecule has 0 radical (unpaired) electrons. The summed E-state index contributed by atoms with van der Waals surface area (Å²) >= 11 is 0. The topological polar surface area (TPSA) is 104 Å². The number of morpholine rings is 1. The van der Waals surface area contributed by atoms with Crippen LogP contribution < -0.4 is 0 Å². The molecule has 0 aromatic rings. The second-order valence-corrected chi connectivity index (χ2v) is 2.74. The molecule has 1 atom stereocenters. The van der Waals surface area contributed by atoms with Crippen molar-refractivity contribution in [1.29, 1.82) is 0 Å². The van der Waals surface area contributed by atoms with Gasteiger partial charge >= 0.3 is 5.97 Å². The van der Waals surface area contributed by atoms with Crippen molar-refractivity contribution in [1.82, 2.24) is 4.90 Å². The molecule has 0 saturated carbocycles. The molecule has 14 heavy (non-hydrogen) atoms. The van der Waals surface area contributed by atoms with Gasteiger partial charge in [-0.2, -0.15) is 0 Å². The number of imide groups is 1. The number of carbonyl (C=O) groups excluding carboxylic acids is 2. The molecular formula is C7H9NO6. The van der Waals surface area contributed by atoms with Crippen molar-refractivity contribution in [2.24, 2.45) is 0 Å². The lowest BCUT2D eigenvalue weighted by Crippen LogP contribution is -2.50. The maximum atomic E-state index is 11.0. The zero-order valence-electron chi connectivity index (χ0n) is 7.17. The molecule has 78 valence electrons. The lowest BCUT2D eigenvalue weighted by Gasteiger charge is -2.25. The van der Waals surface area contributed by atoms with Gasteiger partial charge in [0.15, 0.2) is 6.10 Å². The fourth-order valence-corrected chi connectivity index (χ4v) is 0.975. The monoisotopic (exact) mass is 203 g/mol. The molecular weight excluding hydrogens is 194 g/mol. The Kier molecular flexibility index (Phi) is 3.15. The fraction of sp³-hybridized carbons (Fsp3) is 0.571. The summed E-state index contributed by atoms with van der Waals surface area (Å²) in [6, 6.07) is 0. The molecule has 1 rings (SSSR count). The zero-order chi connectivity index (χ0) is 10.7. The lowest BCUT2D eigenvalue weighted by molar-refractivity contribution is -0.162. The number of hydrogen-bond donors (Lipinski definition) is 2. The first kappa shape index (κ1) is 10.6. The van der Waals surface area contributed by atoms with Crippen molar-refractivity contribution >= 4 is 17.8 Å². The van der Waals surface area contributed by atoms with Gasteiger partial charge in [-0.25, -0.2) is 4.79 Å². The van der Waals surface area contributed by atoms with E-state index in [1.54, 1.807) is 0 Å². The van der Waals surface area contributed by atoms with E-state index in [1.165, 1.54) is 0 Å². The molecule has 1 saturated heterocycles. The van der Waals surface area contributed by atoms with E-state index in [0.29, 0.717) is 4.90 Å². The Hall–Kier alpha value is -1.47. The maximum absolute atomic E-state index is 11.0. The van der Waals surface area contributed by atoms with Crippen LogP contribution in [-0.4, -0.2) is 58.8 Å². The van der Waals surface area contributed by atoms with E-state index in [0.717, 1.165) is 0 Å². The minimum Gasteiger partial charge on any atom is -0.479 e. The number of aliphatic carboxylic acids is 1. The van der Waals surface area contributed by atoms with Crippen molar-refractivity contribution in [3.63, 3.8) is 0 Å². The number of aliphatic hydroxyl groups excluding tert-OH is 1. The van der Waals surface area contributed by atoms with Gasteiger partial charge in [0.05, 0.1) is 6.54 Å². The van der Waals surface area contributed by atoms with Crippen molar-refractivity contribution in [2.45, 2.75) is 6.10 Å². The first-order valence-electron chi connectivity index (χ1n) is 3.84. The minimum absolute atomic E-state index is 0.266. The Bertz CT molecular complexity index is 259. The summed E-state index contributed by atoms with van der Waals surface area (Å²) in [6.45, 7) is -1.06.